The average molecular weight is 269 g/mol. The van der Waals surface area contributed by atoms with Crippen LogP contribution in [0.5, 0.6) is 0 Å². The van der Waals surface area contributed by atoms with Gasteiger partial charge < -0.3 is 15.2 Å². The molecule has 0 atom stereocenters. The Bertz CT molecular complexity index is 453. The first-order valence-corrected chi connectivity index (χ1v) is 6.16. The van der Waals surface area contributed by atoms with Gasteiger partial charge in [0.2, 0.25) is 0 Å². The Morgan fingerprint density at radius 2 is 2.11 bits per heavy atom. The quantitative estimate of drug-likeness (QED) is 0.584. The maximum absolute atomic E-state index is 11.6. The number of carboxylic acid groups (broad SMARTS) is 1. The van der Waals surface area contributed by atoms with Crippen LogP contribution in [0, 0.1) is 0 Å². The Kier molecular flexibility index (Phi) is 5.54. The minimum atomic E-state index is -1.02. The molecule has 0 aliphatic heterocycles. The van der Waals surface area contributed by atoms with E-state index in [0.29, 0.717) is 24.6 Å². The first kappa shape index (κ1) is 14.4. The Morgan fingerprint density at radius 1 is 1.44 bits per heavy atom. The van der Waals surface area contributed by atoms with E-state index in [2.05, 4.69) is 11.9 Å². The molecule has 0 unspecified atom stereocenters. The van der Waals surface area contributed by atoms with Gasteiger partial charge in [0.15, 0.2) is 0 Å². The Hall–Kier alpha value is -1.66. The van der Waals surface area contributed by atoms with Crippen molar-refractivity contribution in [3.05, 3.63) is 34.0 Å². The fourth-order valence-electron chi connectivity index (χ4n) is 1.15. The second-order valence-electron chi connectivity index (χ2n) is 3.73. The van der Waals surface area contributed by atoms with E-state index in [1.807, 2.05) is 6.92 Å². The molecule has 0 saturated carbocycles. The van der Waals surface area contributed by atoms with Gasteiger partial charge in [0.1, 0.15) is 4.88 Å². The van der Waals surface area contributed by atoms with E-state index in [-0.39, 0.29) is 10.8 Å². The summed E-state index contributed by atoms with van der Waals surface area (Å²) < 4.78 is 5.22. The van der Waals surface area contributed by atoms with Crippen molar-refractivity contribution in [2.45, 2.75) is 6.92 Å². The summed E-state index contributed by atoms with van der Waals surface area (Å²) >= 11 is 0.951. The minimum Gasteiger partial charge on any atom is -0.477 e. The monoisotopic (exact) mass is 269 g/mol. The number of hydrogen-bond acceptors (Lipinski definition) is 4. The van der Waals surface area contributed by atoms with Crippen molar-refractivity contribution in [3.63, 3.8) is 0 Å². The topological polar surface area (TPSA) is 75.6 Å². The van der Waals surface area contributed by atoms with E-state index >= 15 is 0 Å². The van der Waals surface area contributed by atoms with Gasteiger partial charge in [-0.3, -0.25) is 4.79 Å². The van der Waals surface area contributed by atoms with Crippen LogP contribution in [0.4, 0.5) is 0 Å². The van der Waals surface area contributed by atoms with Crippen LogP contribution in [0.25, 0.3) is 0 Å². The van der Waals surface area contributed by atoms with Crippen molar-refractivity contribution in [1.29, 1.82) is 0 Å². The third-order valence-corrected chi connectivity index (χ3v) is 2.99. The molecule has 0 aliphatic rings. The number of aromatic carboxylic acids is 1. The van der Waals surface area contributed by atoms with Crippen LogP contribution in [0.15, 0.2) is 24.3 Å². The summed E-state index contributed by atoms with van der Waals surface area (Å²) in [5.41, 5.74) is 0.922. The molecule has 98 valence electrons. The lowest BCUT2D eigenvalue weighted by molar-refractivity contribution is 0.0702. The molecule has 1 heterocycles. The molecule has 0 fully saturated rings. The predicted molar refractivity (Wildman–Crippen MR) is 69.2 cm³/mol. The Morgan fingerprint density at radius 3 is 2.67 bits per heavy atom. The number of carbonyl (C=O) groups is 2. The fourth-order valence-corrected chi connectivity index (χ4v) is 1.91. The highest BCUT2D eigenvalue weighted by molar-refractivity contribution is 7.15. The molecule has 1 rings (SSSR count). The number of ether oxygens (including phenoxy) is 1. The maximum Gasteiger partial charge on any atom is 0.345 e. The summed E-state index contributed by atoms with van der Waals surface area (Å²) in [6.07, 6.45) is 0. The first-order chi connectivity index (χ1) is 8.50. The molecule has 1 aromatic heterocycles. The molecule has 6 heteroatoms. The van der Waals surface area contributed by atoms with Gasteiger partial charge in [-0.05, 0) is 19.1 Å². The number of carbonyl (C=O) groups excluding carboxylic acids is 1. The molecule has 5 nitrogen and oxygen atoms in total. The molecule has 2 N–H and O–H groups in total. The summed E-state index contributed by atoms with van der Waals surface area (Å²) in [5.74, 6) is -1.31. The van der Waals surface area contributed by atoms with Gasteiger partial charge in [-0.1, -0.05) is 12.2 Å². The van der Waals surface area contributed by atoms with Gasteiger partial charge in [-0.15, -0.1) is 11.3 Å². The number of amides is 1. The number of nitrogens with one attached hydrogen (secondary N) is 1. The molecule has 1 amide bonds. The van der Waals surface area contributed by atoms with Crippen LogP contribution in [0.2, 0.25) is 0 Å². The maximum atomic E-state index is 11.6. The van der Waals surface area contributed by atoms with E-state index in [0.717, 1.165) is 16.9 Å². The van der Waals surface area contributed by atoms with Crippen LogP contribution in [0.3, 0.4) is 0 Å². The highest BCUT2D eigenvalue weighted by Crippen LogP contribution is 2.15. The highest BCUT2D eigenvalue weighted by atomic mass is 32.1. The molecule has 18 heavy (non-hydrogen) atoms. The normalized spacial score (nSPS) is 10.1. The highest BCUT2D eigenvalue weighted by Gasteiger charge is 2.12. The first-order valence-electron chi connectivity index (χ1n) is 5.34. The molecule has 0 aliphatic carbocycles. The van der Waals surface area contributed by atoms with E-state index in [4.69, 9.17) is 9.84 Å². The van der Waals surface area contributed by atoms with Crippen molar-refractivity contribution in [1.82, 2.24) is 5.32 Å². The summed E-state index contributed by atoms with van der Waals surface area (Å²) in [5, 5.41) is 11.4. The van der Waals surface area contributed by atoms with Crippen LogP contribution in [0.1, 0.15) is 26.3 Å². The minimum absolute atomic E-state index is 0.152. The van der Waals surface area contributed by atoms with E-state index in [1.165, 1.54) is 12.1 Å². The van der Waals surface area contributed by atoms with Gasteiger partial charge >= 0.3 is 5.97 Å². The zero-order chi connectivity index (χ0) is 13.5. The third-order valence-electron chi connectivity index (χ3n) is 1.92. The standard InChI is InChI=1S/C12H15NO4S/c1-8(2)7-17-6-5-13-11(14)9-3-4-10(18-9)12(15)16/h3-4H,1,5-7H2,2H3,(H,13,14)(H,15,16). The lowest BCUT2D eigenvalue weighted by Crippen LogP contribution is -2.26. The zero-order valence-corrected chi connectivity index (χ0v) is 10.9. The van der Waals surface area contributed by atoms with Crippen LogP contribution >= 0.6 is 11.3 Å². The number of carboxylic acids is 1. The predicted octanol–water partition coefficient (Wildman–Crippen LogP) is 1.77. The zero-order valence-electron chi connectivity index (χ0n) is 10.1. The van der Waals surface area contributed by atoms with Crippen molar-refractivity contribution in [3.8, 4) is 0 Å². The van der Waals surface area contributed by atoms with Crippen LogP contribution in [-0.2, 0) is 4.74 Å². The molecular weight excluding hydrogens is 254 g/mol. The molecule has 0 aromatic carbocycles. The molecular formula is C12H15NO4S. The fraction of sp³-hybridized carbons (Fsp3) is 0.333. The lowest BCUT2D eigenvalue weighted by Gasteiger charge is -2.04. The van der Waals surface area contributed by atoms with Crippen LogP contribution in [-0.4, -0.2) is 36.7 Å². The number of hydrogen-bond donors (Lipinski definition) is 2. The summed E-state index contributed by atoms with van der Waals surface area (Å²) in [6.45, 7) is 6.80. The molecule has 0 radical (unpaired) electrons. The van der Waals surface area contributed by atoms with Gasteiger partial charge in [0, 0.05) is 6.54 Å². The molecule has 0 saturated heterocycles. The summed E-state index contributed by atoms with van der Waals surface area (Å²) in [7, 11) is 0. The van der Waals surface area contributed by atoms with Crippen molar-refractivity contribution < 1.29 is 19.4 Å². The SMILES string of the molecule is C=C(C)COCCNC(=O)c1ccc(C(=O)O)s1. The molecule has 0 bridgehead atoms. The van der Waals surface area contributed by atoms with E-state index in [9.17, 15) is 9.59 Å². The summed E-state index contributed by atoms with van der Waals surface area (Å²) in [4.78, 5) is 22.8. The molecule has 0 spiro atoms. The van der Waals surface area contributed by atoms with Gasteiger partial charge in [-0.25, -0.2) is 4.79 Å². The number of rotatable bonds is 7. The third kappa shape index (κ3) is 4.68. The van der Waals surface area contributed by atoms with E-state index < -0.39 is 5.97 Å². The van der Waals surface area contributed by atoms with Gasteiger partial charge in [0.05, 0.1) is 18.1 Å². The van der Waals surface area contributed by atoms with E-state index in [1.54, 1.807) is 0 Å². The van der Waals surface area contributed by atoms with Crippen LogP contribution < -0.4 is 5.32 Å². The second-order valence-corrected chi connectivity index (χ2v) is 4.82. The summed E-state index contributed by atoms with van der Waals surface area (Å²) in [6, 6.07) is 2.91. The Balaban J connectivity index is 2.32. The number of thiophene rings is 1. The second kappa shape index (κ2) is 6.93. The van der Waals surface area contributed by atoms with Crippen molar-refractivity contribution in [2.75, 3.05) is 19.8 Å². The lowest BCUT2D eigenvalue weighted by atomic mass is 10.4. The van der Waals surface area contributed by atoms with Gasteiger partial charge in [0.25, 0.3) is 5.91 Å². The largest absolute Gasteiger partial charge is 0.477 e. The Labute approximate surface area is 109 Å². The van der Waals surface area contributed by atoms with Gasteiger partial charge in [-0.2, -0.15) is 0 Å². The molecule has 1 aromatic rings. The average Bonchev–Trinajstić information content (AvgIpc) is 2.77. The smallest absolute Gasteiger partial charge is 0.345 e. The van der Waals surface area contributed by atoms with Crippen molar-refractivity contribution >= 4 is 23.2 Å². The van der Waals surface area contributed by atoms with Crippen molar-refractivity contribution in [2.24, 2.45) is 0 Å².